The molecule has 0 saturated heterocycles. The minimum atomic E-state index is -0.406. The van der Waals surface area contributed by atoms with Gasteiger partial charge in [-0.1, -0.05) is 35.3 Å². The normalized spacial score (nSPS) is 12.7. The van der Waals surface area contributed by atoms with Crippen LogP contribution in [0, 0.1) is 0 Å². The molecule has 108 valence electrons. The van der Waals surface area contributed by atoms with E-state index in [4.69, 9.17) is 33.4 Å². The van der Waals surface area contributed by atoms with E-state index in [1.165, 1.54) is 0 Å². The predicted molar refractivity (Wildman–Crippen MR) is 82.8 cm³/mol. The van der Waals surface area contributed by atoms with Gasteiger partial charge in [0, 0.05) is 5.02 Å². The standard InChI is InChI=1S/C15H12Cl2N2O2/c16-9-6-11(17)14-13(7-9)19-15(21-14)12(18)5-8-1-3-10(20)4-2-8/h1-4,6-7,12,20H,5,18H2. The molecule has 1 aromatic heterocycles. The second kappa shape index (κ2) is 5.56. The third-order valence-corrected chi connectivity index (χ3v) is 3.63. The number of rotatable bonds is 3. The van der Waals surface area contributed by atoms with Gasteiger partial charge in [0.15, 0.2) is 5.58 Å². The fourth-order valence-electron chi connectivity index (χ4n) is 2.11. The number of aromatic nitrogens is 1. The van der Waals surface area contributed by atoms with Crippen molar-refractivity contribution in [2.45, 2.75) is 12.5 Å². The Balaban J connectivity index is 1.89. The van der Waals surface area contributed by atoms with Gasteiger partial charge in [-0.15, -0.1) is 0 Å². The second-order valence-corrected chi connectivity index (χ2v) is 5.61. The molecular formula is C15H12Cl2N2O2. The van der Waals surface area contributed by atoms with Gasteiger partial charge in [0.1, 0.15) is 11.3 Å². The molecular weight excluding hydrogens is 311 g/mol. The van der Waals surface area contributed by atoms with Gasteiger partial charge in [-0.2, -0.15) is 0 Å². The molecule has 0 saturated carbocycles. The first-order valence-electron chi connectivity index (χ1n) is 6.32. The molecule has 0 aliphatic heterocycles. The number of fused-ring (bicyclic) bond motifs is 1. The van der Waals surface area contributed by atoms with Crippen LogP contribution in [0.2, 0.25) is 10.0 Å². The zero-order chi connectivity index (χ0) is 15.0. The highest BCUT2D eigenvalue weighted by Gasteiger charge is 2.16. The van der Waals surface area contributed by atoms with E-state index in [1.54, 1.807) is 24.3 Å². The average Bonchev–Trinajstić information content (AvgIpc) is 2.85. The van der Waals surface area contributed by atoms with Crippen molar-refractivity contribution in [2.75, 3.05) is 0 Å². The summed E-state index contributed by atoms with van der Waals surface area (Å²) < 4.78 is 5.64. The Morgan fingerprint density at radius 3 is 2.62 bits per heavy atom. The molecule has 3 rings (SSSR count). The summed E-state index contributed by atoms with van der Waals surface area (Å²) in [6, 6.07) is 9.73. The van der Waals surface area contributed by atoms with Crippen molar-refractivity contribution in [2.24, 2.45) is 5.73 Å². The summed E-state index contributed by atoms with van der Waals surface area (Å²) in [6.07, 6.45) is 0.540. The number of nitrogens with two attached hydrogens (primary N) is 1. The number of hydrogen-bond acceptors (Lipinski definition) is 4. The van der Waals surface area contributed by atoms with Crippen LogP contribution in [0.15, 0.2) is 40.8 Å². The molecule has 0 fully saturated rings. The van der Waals surface area contributed by atoms with Gasteiger partial charge in [0.25, 0.3) is 0 Å². The van der Waals surface area contributed by atoms with Crippen molar-refractivity contribution in [3.8, 4) is 5.75 Å². The average molecular weight is 323 g/mol. The Labute approximate surface area is 131 Å². The van der Waals surface area contributed by atoms with Crippen LogP contribution in [0.1, 0.15) is 17.5 Å². The van der Waals surface area contributed by atoms with Crippen molar-refractivity contribution in [3.05, 3.63) is 57.9 Å². The van der Waals surface area contributed by atoms with E-state index < -0.39 is 6.04 Å². The monoisotopic (exact) mass is 322 g/mol. The highest BCUT2D eigenvalue weighted by molar-refractivity contribution is 6.37. The highest BCUT2D eigenvalue weighted by atomic mass is 35.5. The number of halogens is 2. The highest BCUT2D eigenvalue weighted by Crippen LogP contribution is 2.30. The molecule has 2 aromatic carbocycles. The minimum Gasteiger partial charge on any atom is -0.508 e. The summed E-state index contributed by atoms with van der Waals surface area (Å²) in [6.45, 7) is 0. The van der Waals surface area contributed by atoms with Gasteiger partial charge >= 0.3 is 0 Å². The lowest BCUT2D eigenvalue weighted by Crippen LogP contribution is -2.13. The number of hydrogen-bond donors (Lipinski definition) is 2. The molecule has 0 aliphatic carbocycles. The molecule has 1 atom stereocenters. The van der Waals surface area contributed by atoms with Crippen molar-refractivity contribution in [1.82, 2.24) is 4.98 Å². The molecule has 3 aromatic rings. The maximum absolute atomic E-state index is 9.27. The lowest BCUT2D eigenvalue weighted by molar-refractivity contribution is 0.470. The molecule has 0 bridgehead atoms. The van der Waals surface area contributed by atoms with Gasteiger partial charge in [0.05, 0.1) is 11.1 Å². The first-order chi connectivity index (χ1) is 10.0. The van der Waals surface area contributed by atoms with Crippen LogP contribution in [-0.4, -0.2) is 10.1 Å². The van der Waals surface area contributed by atoms with Crippen LogP contribution in [0.4, 0.5) is 0 Å². The van der Waals surface area contributed by atoms with Gasteiger partial charge < -0.3 is 15.3 Å². The zero-order valence-corrected chi connectivity index (χ0v) is 12.4. The third-order valence-electron chi connectivity index (χ3n) is 3.14. The second-order valence-electron chi connectivity index (χ2n) is 4.77. The first kappa shape index (κ1) is 14.2. The van der Waals surface area contributed by atoms with Crippen molar-refractivity contribution in [1.29, 1.82) is 0 Å². The van der Waals surface area contributed by atoms with Crippen LogP contribution in [0.25, 0.3) is 11.1 Å². The van der Waals surface area contributed by atoms with Gasteiger partial charge in [0.2, 0.25) is 5.89 Å². The van der Waals surface area contributed by atoms with E-state index in [-0.39, 0.29) is 5.75 Å². The van der Waals surface area contributed by atoms with Crippen LogP contribution in [-0.2, 0) is 6.42 Å². The molecule has 0 radical (unpaired) electrons. The van der Waals surface area contributed by atoms with E-state index >= 15 is 0 Å². The maximum Gasteiger partial charge on any atom is 0.212 e. The molecule has 1 heterocycles. The Morgan fingerprint density at radius 2 is 1.90 bits per heavy atom. The largest absolute Gasteiger partial charge is 0.508 e. The predicted octanol–water partition coefficient (Wildman–Crippen LogP) is 4.08. The maximum atomic E-state index is 9.27. The molecule has 0 spiro atoms. The fourth-order valence-corrected chi connectivity index (χ4v) is 2.63. The van der Waals surface area contributed by atoms with E-state index in [9.17, 15) is 5.11 Å². The van der Waals surface area contributed by atoms with E-state index in [1.807, 2.05) is 12.1 Å². The lowest BCUT2D eigenvalue weighted by atomic mass is 10.1. The number of phenols is 1. The molecule has 4 nitrogen and oxygen atoms in total. The van der Waals surface area contributed by atoms with Crippen molar-refractivity contribution in [3.63, 3.8) is 0 Å². The van der Waals surface area contributed by atoms with Crippen molar-refractivity contribution < 1.29 is 9.52 Å². The van der Waals surface area contributed by atoms with Crippen LogP contribution in [0.3, 0.4) is 0 Å². The number of oxazole rings is 1. The molecule has 6 heteroatoms. The van der Waals surface area contributed by atoms with Crippen LogP contribution >= 0.6 is 23.2 Å². The van der Waals surface area contributed by atoms with Gasteiger partial charge in [-0.05, 0) is 36.2 Å². The summed E-state index contributed by atoms with van der Waals surface area (Å²) in [7, 11) is 0. The molecule has 1 unspecified atom stereocenters. The van der Waals surface area contributed by atoms with Crippen LogP contribution < -0.4 is 5.73 Å². The van der Waals surface area contributed by atoms with Gasteiger partial charge in [-0.3, -0.25) is 0 Å². The molecule has 0 amide bonds. The molecule has 21 heavy (non-hydrogen) atoms. The van der Waals surface area contributed by atoms with E-state index in [0.29, 0.717) is 33.5 Å². The Morgan fingerprint density at radius 1 is 1.19 bits per heavy atom. The number of phenolic OH excluding ortho intramolecular Hbond substituents is 1. The molecule has 0 aliphatic rings. The van der Waals surface area contributed by atoms with E-state index in [2.05, 4.69) is 4.98 Å². The summed E-state index contributed by atoms with van der Waals surface area (Å²) in [5.41, 5.74) is 8.17. The Kier molecular flexibility index (Phi) is 3.76. The van der Waals surface area contributed by atoms with E-state index in [0.717, 1.165) is 5.56 Å². The quantitative estimate of drug-likeness (QED) is 0.762. The summed E-state index contributed by atoms with van der Waals surface area (Å²) in [5.74, 6) is 0.623. The Hall–Kier alpha value is -1.75. The zero-order valence-electron chi connectivity index (χ0n) is 10.9. The van der Waals surface area contributed by atoms with Gasteiger partial charge in [-0.25, -0.2) is 4.98 Å². The summed E-state index contributed by atoms with van der Waals surface area (Å²) >= 11 is 12.0. The third kappa shape index (κ3) is 2.97. The molecule has 3 N–H and O–H groups in total. The minimum absolute atomic E-state index is 0.218. The Bertz CT molecular complexity index is 784. The smallest absolute Gasteiger partial charge is 0.212 e. The number of aromatic hydroxyl groups is 1. The number of nitrogens with zero attached hydrogens (tertiary/aromatic N) is 1. The summed E-state index contributed by atoms with van der Waals surface area (Å²) in [4.78, 5) is 4.34. The first-order valence-corrected chi connectivity index (χ1v) is 7.07. The summed E-state index contributed by atoms with van der Waals surface area (Å²) in [5, 5.41) is 10.2. The topological polar surface area (TPSA) is 72.3 Å². The van der Waals surface area contributed by atoms with Crippen molar-refractivity contribution >= 4 is 34.3 Å². The fraction of sp³-hybridized carbons (Fsp3) is 0.133. The lowest BCUT2D eigenvalue weighted by Gasteiger charge is -2.07. The SMILES string of the molecule is NC(Cc1ccc(O)cc1)c1nc2cc(Cl)cc(Cl)c2o1. The number of benzene rings is 2. The van der Waals surface area contributed by atoms with Crippen LogP contribution in [0.5, 0.6) is 5.75 Å².